The zero-order valence-corrected chi connectivity index (χ0v) is 16.6. The molecule has 0 bridgehead atoms. The highest BCUT2D eigenvalue weighted by Crippen LogP contribution is 2.41. The third kappa shape index (κ3) is 3.31. The summed E-state index contributed by atoms with van der Waals surface area (Å²) in [5, 5.41) is 9.17. The van der Waals surface area contributed by atoms with Crippen LogP contribution < -0.4 is 5.32 Å². The molecule has 28 heavy (non-hydrogen) atoms. The van der Waals surface area contributed by atoms with E-state index in [4.69, 9.17) is 9.84 Å². The monoisotopic (exact) mass is 377 g/mol. The summed E-state index contributed by atoms with van der Waals surface area (Å²) in [4.78, 5) is 13.3. The number of ether oxygens (including phenoxy) is 1. The lowest BCUT2D eigenvalue weighted by Crippen LogP contribution is -2.13. The number of carbonyl (C=O) groups excluding carboxylic acids is 1. The number of hydrogen-bond donors (Lipinski definition) is 1. The van der Waals surface area contributed by atoms with Crippen LogP contribution in [0.15, 0.2) is 36.4 Å². The van der Waals surface area contributed by atoms with E-state index in [1.54, 1.807) is 7.11 Å². The van der Waals surface area contributed by atoms with Gasteiger partial charge in [-0.25, -0.2) is 0 Å². The molecule has 0 amide bonds. The first-order valence-electron chi connectivity index (χ1n) is 10.1. The van der Waals surface area contributed by atoms with Crippen LogP contribution in [0.25, 0.3) is 22.2 Å². The van der Waals surface area contributed by atoms with Crippen molar-refractivity contribution >= 4 is 22.4 Å². The Morgan fingerprint density at radius 2 is 1.75 bits per heavy atom. The van der Waals surface area contributed by atoms with Crippen LogP contribution in [-0.2, 0) is 11.8 Å². The van der Waals surface area contributed by atoms with Gasteiger partial charge in [0.05, 0.1) is 11.1 Å². The van der Waals surface area contributed by atoms with Gasteiger partial charge < -0.3 is 10.1 Å². The van der Waals surface area contributed by atoms with Gasteiger partial charge in [-0.1, -0.05) is 43.5 Å². The van der Waals surface area contributed by atoms with Crippen molar-refractivity contribution in [3.63, 3.8) is 0 Å². The minimum Gasteiger partial charge on any atom is -0.385 e. The molecule has 0 saturated heterocycles. The Bertz CT molecular complexity index is 1010. The van der Waals surface area contributed by atoms with Crippen molar-refractivity contribution in [3.05, 3.63) is 47.5 Å². The van der Waals surface area contributed by atoms with Crippen molar-refractivity contribution in [2.24, 2.45) is 7.05 Å². The zero-order chi connectivity index (χ0) is 19.5. The predicted octanol–water partition coefficient (Wildman–Crippen LogP) is 4.79. The Kier molecular flexibility index (Phi) is 5.44. The van der Waals surface area contributed by atoms with Gasteiger partial charge in [-0.2, -0.15) is 5.10 Å². The molecule has 1 heterocycles. The molecule has 1 N–H and O–H groups in total. The maximum Gasteiger partial charge on any atom is 0.196 e. The molecule has 0 unspecified atom stereocenters. The average molecular weight is 377 g/mol. The summed E-state index contributed by atoms with van der Waals surface area (Å²) in [6, 6.07) is 11.9. The summed E-state index contributed by atoms with van der Waals surface area (Å²) in [7, 11) is 3.68. The molecule has 2 aromatic carbocycles. The molecule has 5 heteroatoms. The summed E-state index contributed by atoms with van der Waals surface area (Å²) >= 11 is 0. The van der Waals surface area contributed by atoms with E-state index < -0.39 is 0 Å². The topological polar surface area (TPSA) is 56.1 Å². The average Bonchev–Trinajstić information content (AvgIpc) is 3.05. The van der Waals surface area contributed by atoms with E-state index in [1.807, 2.05) is 48.1 Å². The summed E-state index contributed by atoms with van der Waals surface area (Å²) in [6.07, 6.45) is 5.83. The summed E-state index contributed by atoms with van der Waals surface area (Å²) in [5.74, 6) is 0.0868. The normalized spacial score (nSPS) is 12.4. The smallest absolute Gasteiger partial charge is 0.196 e. The molecule has 146 valence electrons. The second-order valence-electron chi connectivity index (χ2n) is 7.42. The van der Waals surface area contributed by atoms with Gasteiger partial charge in [0.1, 0.15) is 5.69 Å². The molecule has 1 aromatic heterocycles. The number of unbranched alkanes of at least 4 members (excludes halogenated alkanes) is 4. The Morgan fingerprint density at radius 3 is 2.61 bits per heavy atom. The van der Waals surface area contributed by atoms with E-state index in [0.717, 1.165) is 65.0 Å². The Morgan fingerprint density at radius 1 is 1.00 bits per heavy atom. The minimum absolute atomic E-state index is 0.0868. The lowest BCUT2D eigenvalue weighted by molar-refractivity contribution is 0.104. The molecule has 3 aromatic rings. The number of rotatable bonds is 9. The van der Waals surface area contributed by atoms with Crippen LogP contribution in [0.2, 0.25) is 0 Å². The first-order valence-corrected chi connectivity index (χ1v) is 10.1. The number of aryl methyl sites for hydroxylation is 1. The highest BCUT2D eigenvalue weighted by Gasteiger charge is 2.30. The van der Waals surface area contributed by atoms with Crippen molar-refractivity contribution < 1.29 is 9.53 Å². The quantitative estimate of drug-likeness (QED) is 0.426. The molecule has 0 saturated carbocycles. The fourth-order valence-electron chi connectivity index (χ4n) is 4.09. The molecular weight excluding hydrogens is 350 g/mol. The van der Waals surface area contributed by atoms with E-state index in [0.29, 0.717) is 0 Å². The summed E-state index contributed by atoms with van der Waals surface area (Å²) in [5.41, 5.74) is 5.25. The number of ketones is 1. The maximum absolute atomic E-state index is 13.3. The fraction of sp³-hybridized carbons (Fsp3) is 0.391. The van der Waals surface area contributed by atoms with Crippen LogP contribution in [0.4, 0.5) is 5.69 Å². The van der Waals surface area contributed by atoms with E-state index >= 15 is 0 Å². The first kappa shape index (κ1) is 18.7. The third-order valence-electron chi connectivity index (χ3n) is 5.51. The minimum atomic E-state index is 0.0868. The van der Waals surface area contributed by atoms with Crippen molar-refractivity contribution in [1.29, 1.82) is 0 Å². The van der Waals surface area contributed by atoms with Crippen molar-refractivity contribution in [1.82, 2.24) is 9.78 Å². The summed E-state index contributed by atoms with van der Waals surface area (Å²) in [6.45, 7) is 1.71. The Labute approximate surface area is 165 Å². The largest absolute Gasteiger partial charge is 0.385 e. The lowest BCUT2D eigenvalue weighted by atomic mass is 9.86. The van der Waals surface area contributed by atoms with Crippen LogP contribution in [0.5, 0.6) is 0 Å². The van der Waals surface area contributed by atoms with Gasteiger partial charge in [0.15, 0.2) is 5.78 Å². The molecule has 5 nitrogen and oxygen atoms in total. The molecule has 0 atom stereocenters. The van der Waals surface area contributed by atoms with E-state index in [9.17, 15) is 4.79 Å². The number of aromatic nitrogens is 2. The number of hydrogen-bond acceptors (Lipinski definition) is 4. The van der Waals surface area contributed by atoms with Gasteiger partial charge in [0, 0.05) is 49.5 Å². The van der Waals surface area contributed by atoms with Gasteiger partial charge in [-0.3, -0.25) is 9.48 Å². The van der Waals surface area contributed by atoms with Crippen molar-refractivity contribution in [3.8, 4) is 11.3 Å². The number of nitrogens with one attached hydrogen (secondary N) is 1. The molecular formula is C23H27N3O2. The predicted molar refractivity (Wildman–Crippen MR) is 113 cm³/mol. The number of benzene rings is 2. The molecule has 1 aliphatic rings. The van der Waals surface area contributed by atoms with Crippen LogP contribution in [0.1, 0.15) is 48.0 Å². The maximum atomic E-state index is 13.3. The second-order valence-corrected chi connectivity index (χ2v) is 7.42. The van der Waals surface area contributed by atoms with Crippen LogP contribution in [0.3, 0.4) is 0 Å². The highest BCUT2D eigenvalue weighted by atomic mass is 16.5. The second kappa shape index (κ2) is 8.15. The standard InChI is InChI=1S/C23H27N3O2/c1-26-19-13-9-11-17-21(19)22(25-26)16-10-8-12-18(20(16)23(17)27)24-14-6-4-3-5-7-15-28-2/h8-13,24H,3-7,14-15H2,1-2H3. The van der Waals surface area contributed by atoms with E-state index in [2.05, 4.69) is 5.32 Å². The van der Waals surface area contributed by atoms with Gasteiger partial charge in [0.2, 0.25) is 0 Å². The SMILES string of the molecule is COCCCCCCCNc1cccc2c1C(=O)c1cccc3c1c-2nn3C. The third-order valence-corrected chi connectivity index (χ3v) is 5.51. The van der Waals surface area contributed by atoms with Crippen molar-refractivity contribution in [2.75, 3.05) is 25.6 Å². The molecule has 1 aliphatic carbocycles. The van der Waals surface area contributed by atoms with E-state index in [-0.39, 0.29) is 5.78 Å². The molecule has 0 spiro atoms. The van der Waals surface area contributed by atoms with Crippen molar-refractivity contribution in [2.45, 2.75) is 32.1 Å². The highest BCUT2D eigenvalue weighted by molar-refractivity contribution is 6.27. The Balaban J connectivity index is 1.51. The Hall–Kier alpha value is -2.66. The number of methoxy groups -OCH3 is 1. The molecule has 0 radical (unpaired) electrons. The summed E-state index contributed by atoms with van der Waals surface area (Å²) < 4.78 is 6.95. The number of nitrogens with zero attached hydrogens (tertiary/aromatic N) is 2. The van der Waals surface area contributed by atoms with Crippen LogP contribution in [-0.4, -0.2) is 35.8 Å². The van der Waals surface area contributed by atoms with E-state index in [1.165, 1.54) is 19.3 Å². The van der Waals surface area contributed by atoms with Crippen LogP contribution >= 0.6 is 0 Å². The number of fused-ring (bicyclic) bond motifs is 2. The number of anilines is 1. The van der Waals surface area contributed by atoms with Gasteiger partial charge >= 0.3 is 0 Å². The van der Waals surface area contributed by atoms with Crippen LogP contribution in [0, 0.1) is 0 Å². The fourth-order valence-corrected chi connectivity index (χ4v) is 4.09. The van der Waals surface area contributed by atoms with Gasteiger partial charge in [-0.15, -0.1) is 0 Å². The first-order chi connectivity index (χ1) is 13.7. The lowest BCUT2D eigenvalue weighted by Gasteiger charge is -2.19. The molecule has 0 aliphatic heterocycles. The molecule has 4 rings (SSSR count). The molecule has 0 fully saturated rings. The number of carbonyl (C=O) groups is 1. The van der Waals surface area contributed by atoms with Gasteiger partial charge in [-0.05, 0) is 25.0 Å². The van der Waals surface area contributed by atoms with Gasteiger partial charge in [0.25, 0.3) is 0 Å². The zero-order valence-electron chi connectivity index (χ0n) is 16.6.